The summed E-state index contributed by atoms with van der Waals surface area (Å²) in [5, 5.41) is 9.76. The van der Waals surface area contributed by atoms with E-state index in [2.05, 4.69) is 36.8 Å². The molecule has 1 rings (SSSR count). The van der Waals surface area contributed by atoms with Gasteiger partial charge in [0.2, 0.25) is 0 Å². The SMILES string of the molecule is Oc1cnc(Br)cc1CBr. The average molecular weight is 267 g/mol. The Labute approximate surface area is 75.5 Å². The van der Waals surface area contributed by atoms with Crippen molar-refractivity contribution in [2.75, 3.05) is 0 Å². The molecule has 0 saturated carbocycles. The van der Waals surface area contributed by atoms with E-state index in [1.54, 1.807) is 6.07 Å². The Morgan fingerprint density at radius 2 is 2.30 bits per heavy atom. The Bertz CT molecular complexity index is 239. The lowest BCUT2D eigenvalue weighted by molar-refractivity contribution is 0.467. The molecule has 0 spiro atoms. The summed E-state index contributed by atoms with van der Waals surface area (Å²) in [5.74, 6) is 0.222. The van der Waals surface area contributed by atoms with Crippen LogP contribution in [0, 0.1) is 0 Å². The van der Waals surface area contributed by atoms with Gasteiger partial charge in [0.05, 0.1) is 6.20 Å². The van der Waals surface area contributed by atoms with E-state index in [1.807, 2.05) is 0 Å². The van der Waals surface area contributed by atoms with Gasteiger partial charge < -0.3 is 5.11 Å². The average Bonchev–Trinajstić information content (AvgIpc) is 1.94. The zero-order valence-electron chi connectivity index (χ0n) is 5.01. The minimum Gasteiger partial charge on any atom is -0.506 e. The molecule has 0 aliphatic carbocycles. The summed E-state index contributed by atoms with van der Waals surface area (Å²) in [6.07, 6.45) is 1.42. The summed E-state index contributed by atoms with van der Waals surface area (Å²) < 4.78 is 0.736. The van der Waals surface area contributed by atoms with E-state index >= 15 is 0 Å². The molecule has 0 radical (unpaired) electrons. The first-order chi connectivity index (χ1) is 4.74. The molecule has 0 unspecified atom stereocenters. The van der Waals surface area contributed by atoms with Gasteiger partial charge in [0.25, 0.3) is 0 Å². The molecule has 0 atom stereocenters. The smallest absolute Gasteiger partial charge is 0.137 e. The van der Waals surface area contributed by atoms with Crippen LogP contribution in [0.1, 0.15) is 5.56 Å². The van der Waals surface area contributed by atoms with Crippen LogP contribution < -0.4 is 0 Å². The van der Waals surface area contributed by atoms with Crippen molar-refractivity contribution >= 4 is 31.9 Å². The van der Waals surface area contributed by atoms with Gasteiger partial charge in [-0.2, -0.15) is 0 Å². The van der Waals surface area contributed by atoms with E-state index in [9.17, 15) is 0 Å². The predicted molar refractivity (Wildman–Crippen MR) is 46.2 cm³/mol. The molecule has 0 bridgehead atoms. The van der Waals surface area contributed by atoms with Crippen LogP contribution in [0.3, 0.4) is 0 Å². The molecule has 0 fully saturated rings. The third-order valence-electron chi connectivity index (χ3n) is 1.08. The Morgan fingerprint density at radius 1 is 1.60 bits per heavy atom. The van der Waals surface area contributed by atoms with E-state index in [4.69, 9.17) is 5.11 Å². The summed E-state index contributed by atoms with van der Waals surface area (Å²) in [4.78, 5) is 3.83. The van der Waals surface area contributed by atoms with Crippen molar-refractivity contribution in [3.8, 4) is 5.75 Å². The van der Waals surface area contributed by atoms with E-state index in [0.29, 0.717) is 5.33 Å². The molecular weight excluding hydrogens is 262 g/mol. The van der Waals surface area contributed by atoms with Gasteiger partial charge in [-0.3, -0.25) is 0 Å². The van der Waals surface area contributed by atoms with Crippen molar-refractivity contribution < 1.29 is 5.11 Å². The molecule has 1 aromatic heterocycles. The van der Waals surface area contributed by atoms with Crippen molar-refractivity contribution in [3.05, 3.63) is 22.4 Å². The van der Waals surface area contributed by atoms with Crippen LogP contribution in [0.2, 0.25) is 0 Å². The van der Waals surface area contributed by atoms with Gasteiger partial charge >= 0.3 is 0 Å². The lowest BCUT2D eigenvalue weighted by atomic mass is 10.3. The van der Waals surface area contributed by atoms with Crippen molar-refractivity contribution in [1.82, 2.24) is 4.98 Å². The lowest BCUT2D eigenvalue weighted by Gasteiger charge is -1.98. The largest absolute Gasteiger partial charge is 0.506 e. The van der Waals surface area contributed by atoms with Gasteiger partial charge in [0.15, 0.2) is 0 Å². The molecule has 0 aliphatic rings. The van der Waals surface area contributed by atoms with Crippen LogP contribution in [0.25, 0.3) is 0 Å². The van der Waals surface area contributed by atoms with Gasteiger partial charge in [-0.15, -0.1) is 0 Å². The first-order valence-electron chi connectivity index (χ1n) is 2.63. The summed E-state index contributed by atoms with van der Waals surface area (Å²) in [5.41, 5.74) is 0.835. The second kappa shape index (κ2) is 3.34. The minimum atomic E-state index is 0.222. The maximum Gasteiger partial charge on any atom is 0.137 e. The molecule has 1 heterocycles. The number of pyridine rings is 1. The number of halogens is 2. The van der Waals surface area contributed by atoms with E-state index in [0.717, 1.165) is 10.2 Å². The normalized spacial score (nSPS) is 9.80. The van der Waals surface area contributed by atoms with Gasteiger partial charge in [-0.1, -0.05) is 15.9 Å². The van der Waals surface area contributed by atoms with Gasteiger partial charge in [-0.05, 0) is 22.0 Å². The highest BCUT2D eigenvalue weighted by atomic mass is 79.9. The molecular formula is C6H5Br2NO. The molecule has 1 aromatic rings. The predicted octanol–water partition coefficient (Wildman–Crippen LogP) is 2.44. The fourth-order valence-electron chi connectivity index (χ4n) is 0.568. The number of nitrogens with zero attached hydrogens (tertiary/aromatic N) is 1. The van der Waals surface area contributed by atoms with Crippen molar-refractivity contribution in [2.45, 2.75) is 5.33 Å². The number of alkyl halides is 1. The van der Waals surface area contributed by atoms with Crippen LogP contribution in [0.4, 0.5) is 0 Å². The quantitative estimate of drug-likeness (QED) is 0.626. The molecule has 1 N–H and O–H groups in total. The Morgan fingerprint density at radius 3 is 2.80 bits per heavy atom. The fraction of sp³-hybridized carbons (Fsp3) is 0.167. The summed E-state index contributed by atoms with van der Waals surface area (Å²) >= 11 is 6.43. The highest BCUT2D eigenvalue weighted by Gasteiger charge is 1.99. The molecule has 0 aliphatic heterocycles. The number of hydrogen-bond donors (Lipinski definition) is 1. The third-order valence-corrected chi connectivity index (χ3v) is 2.11. The lowest BCUT2D eigenvalue weighted by Crippen LogP contribution is -1.81. The van der Waals surface area contributed by atoms with Crippen LogP contribution in [0.5, 0.6) is 5.75 Å². The highest BCUT2D eigenvalue weighted by molar-refractivity contribution is 9.10. The summed E-state index contributed by atoms with van der Waals surface area (Å²) in [6, 6.07) is 1.77. The number of rotatable bonds is 1. The van der Waals surface area contributed by atoms with Crippen LogP contribution in [-0.4, -0.2) is 10.1 Å². The molecule has 0 aromatic carbocycles. The van der Waals surface area contributed by atoms with Gasteiger partial charge in [-0.25, -0.2) is 4.98 Å². The standard InChI is InChI=1S/C6H5Br2NO/c7-2-4-1-6(8)9-3-5(4)10/h1,3,10H,2H2. The molecule has 2 nitrogen and oxygen atoms in total. The van der Waals surface area contributed by atoms with E-state index in [-0.39, 0.29) is 5.75 Å². The Hall–Kier alpha value is -0.0900. The molecule has 0 saturated heterocycles. The summed E-state index contributed by atoms with van der Waals surface area (Å²) in [7, 11) is 0. The molecule has 54 valence electrons. The topological polar surface area (TPSA) is 33.1 Å². The van der Waals surface area contributed by atoms with Crippen molar-refractivity contribution in [3.63, 3.8) is 0 Å². The Balaban J connectivity index is 3.09. The first kappa shape index (κ1) is 8.01. The second-order valence-corrected chi connectivity index (χ2v) is 3.14. The maximum atomic E-state index is 9.12. The van der Waals surface area contributed by atoms with Gasteiger partial charge in [0, 0.05) is 10.9 Å². The van der Waals surface area contributed by atoms with Crippen LogP contribution in [-0.2, 0) is 5.33 Å². The Kier molecular flexibility index (Phi) is 2.68. The van der Waals surface area contributed by atoms with Gasteiger partial charge in [0.1, 0.15) is 10.4 Å². The monoisotopic (exact) mass is 265 g/mol. The zero-order valence-corrected chi connectivity index (χ0v) is 8.18. The van der Waals surface area contributed by atoms with Crippen LogP contribution in [0.15, 0.2) is 16.9 Å². The van der Waals surface area contributed by atoms with Crippen molar-refractivity contribution in [1.29, 1.82) is 0 Å². The molecule has 4 heteroatoms. The maximum absolute atomic E-state index is 9.12. The second-order valence-electron chi connectivity index (χ2n) is 1.77. The van der Waals surface area contributed by atoms with Crippen LogP contribution >= 0.6 is 31.9 Å². The zero-order chi connectivity index (χ0) is 7.56. The number of aromatic hydroxyl groups is 1. The number of hydrogen-bond acceptors (Lipinski definition) is 2. The minimum absolute atomic E-state index is 0.222. The highest BCUT2D eigenvalue weighted by Crippen LogP contribution is 2.20. The van der Waals surface area contributed by atoms with E-state index in [1.165, 1.54) is 6.20 Å². The molecule has 10 heavy (non-hydrogen) atoms. The fourth-order valence-corrected chi connectivity index (χ4v) is 1.40. The third kappa shape index (κ3) is 1.70. The number of aromatic nitrogens is 1. The summed E-state index contributed by atoms with van der Waals surface area (Å²) in [6.45, 7) is 0. The first-order valence-corrected chi connectivity index (χ1v) is 4.55. The van der Waals surface area contributed by atoms with E-state index < -0.39 is 0 Å². The molecule has 0 amide bonds. The van der Waals surface area contributed by atoms with Crippen molar-refractivity contribution in [2.24, 2.45) is 0 Å².